The Bertz CT molecular complexity index is 521. The second kappa shape index (κ2) is 6.19. The number of aryl methyl sites for hydroxylation is 1. The molecule has 0 aromatic carbocycles. The van der Waals surface area contributed by atoms with E-state index >= 15 is 0 Å². The van der Waals surface area contributed by atoms with Gasteiger partial charge in [-0.2, -0.15) is 5.10 Å². The summed E-state index contributed by atoms with van der Waals surface area (Å²) in [6.07, 6.45) is 8.90. The first-order valence-corrected chi connectivity index (χ1v) is 7.19. The second-order valence-corrected chi connectivity index (χ2v) is 5.14. The highest BCUT2D eigenvalue weighted by Gasteiger charge is 2.30. The number of ether oxygens (including phenoxy) is 1. The lowest BCUT2D eigenvalue weighted by Crippen LogP contribution is -2.25. The van der Waals surface area contributed by atoms with Crippen molar-refractivity contribution in [3.63, 3.8) is 0 Å². The largest absolute Gasteiger partial charge is 0.373 e. The number of aromatic nitrogens is 4. The van der Waals surface area contributed by atoms with Gasteiger partial charge in [-0.25, -0.2) is 4.98 Å². The topological polar surface area (TPSA) is 67.8 Å². The Morgan fingerprint density at radius 2 is 2.50 bits per heavy atom. The van der Waals surface area contributed by atoms with Gasteiger partial charge in [0.15, 0.2) is 0 Å². The SMILES string of the molecule is CCn1cc([C@@H]2OCC[C@@H]2CNCc2ncc[nH]2)cn1. The monoisotopic (exact) mass is 275 g/mol. The summed E-state index contributed by atoms with van der Waals surface area (Å²) >= 11 is 0. The molecule has 1 aliphatic heterocycles. The maximum atomic E-state index is 5.88. The normalized spacial score (nSPS) is 22.4. The first-order chi connectivity index (χ1) is 9.86. The Hall–Kier alpha value is -1.66. The molecule has 1 saturated heterocycles. The van der Waals surface area contributed by atoms with Crippen molar-refractivity contribution in [3.8, 4) is 0 Å². The fourth-order valence-corrected chi connectivity index (χ4v) is 2.68. The first kappa shape index (κ1) is 13.3. The fraction of sp³-hybridized carbons (Fsp3) is 0.571. The summed E-state index contributed by atoms with van der Waals surface area (Å²) in [6.45, 7) is 5.52. The minimum Gasteiger partial charge on any atom is -0.373 e. The van der Waals surface area contributed by atoms with Crippen LogP contribution in [0.5, 0.6) is 0 Å². The molecule has 0 aliphatic carbocycles. The molecule has 0 bridgehead atoms. The van der Waals surface area contributed by atoms with Crippen LogP contribution in [0, 0.1) is 5.92 Å². The highest BCUT2D eigenvalue weighted by molar-refractivity contribution is 5.11. The van der Waals surface area contributed by atoms with E-state index < -0.39 is 0 Å². The van der Waals surface area contributed by atoms with Crippen LogP contribution < -0.4 is 5.32 Å². The molecule has 3 rings (SSSR count). The van der Waals surface area contributed by atoms with Crippen molar-refractivity contribution < 1.29 is 4.74 Å². The summed E-state index contributed by atoms with van der Waals surface area (Å²) in [6, 6.07) is 0. The van der Waals surface area contributed by atoms with E-state index in [9.17, 15) is 0 Å². The number of imidazole rings is 1. The standard InChI is InChI=1S/C14H21N5O/c1-2-19-10-12(8-18-19)14-11(3-6-20-14)7-15-9-13-16-4-5-17-13/h4-5,8,10-11,14-15H,2-3,6-7,9H2,1H3,(H,16,17)/t11-,14-/m1/s1. The Morgan fingerprint density at radius 1 is 1.55 bits per heavy atom. The molecule has 0 radical (unpaired) electrons. The van der Waals surface area contributed by atoms with Gasteiger partial charge in [-0.05, 0) is 13.3 Å². The van der Waals surface area contributed by atoms with Crippen LogP contribution in [0.25, 0.3) is 0 Å². The smallest absolute Gasteiger partial charge is 0.120 e. The highest BCUT2D eigenvalue weighted by Crippen LogP contribution is 2.33. The molecule has 3 heterocycles. The van der Waals surface area contributed by atoms with E-state index in [1.54, 1.807) is 6.20 Å². The van der Waals surface area contributed by atoms with Gasteiger partial charge in [-0.3, -0.25) is 4.68 Å². The number of rotatable bonds is 6. The lowest BCUT2D eigenvalue weighted by molar-refractivity contribution is 0.0903. The Labute approximate surface area is 118 Å². The molecule has 1 fully saturated rings. The van der Waals surface area contributed by atoms with E-state index in [4.69, 9.17) is 4.74 Å². The van der Waals surface area contributed by atoms with Crippen molar-refractivity contribution in [2.45, 2.75) is 32.5 Å². The van der Waals surface area contributed by atoms with Gasteiger partial charge in [0.1, 0.15) is 5.82 Å². The van der Waals surface area contributed by atoms with E-state index in [2.05, 4.69) is 33.5 Å². The zero-order chi connectivity index (χ0) is 13.8. The Morgan fingerprint density at radius 3 is 3.25 bits per heavy atom. The molecule has 2 atom stereocenters. The number of H-pyrrole nitrogens is 1. The number of nitrogens with one attached hydrogen (secondary N) is 2. The second-order valence-electron chi connectivity index (χ2n) is 5.14. The summed E-state index contributed by atoms with van der Waals surface area (Å²) in [5.41, 5.74) is 1.19. The highest BCUT2D eigenvalue weighted by atomic mass is 16.5. The third-order valence-corrected chi connectivity index (χ3v) is 3.77. The quantitative estimate of drug-likeness (QED) is 0.838. The minimum absolute atomic E-state index is 0.166. The summed E-state index contributed by atoms with van der Waals surface area (Å²) in [5, 5.41) is 7.79. The molecule has 6 nitrogen and oxygen atoms in total. The molecule has 0 spiro atoms. The molecule has 2 aromatic rings. The predicted molar refractivity (Wildman–Crippen MR) is 75.0 cm³/mol. The van der Waals surface area contributed by atoms with Crippen molar-refractivity contribution in [2.75, 3.05) is 13.2 Å². The van der Waals surface area contributed by atoms with Gasteiger partial charge < -0.3 is 15.0 Å². The van der Waals surface area contributed by atoms with Crippen molar-refractivity contribution in [2.24, 2.45) is 5.92 Å². The number of hydrogen-bond donors (Lipinski definition) is 2. The molecular formula is C14H21N5O. The molecular weight excluding hydrogens is 254 g/mol. The molecule has 0 amide bonds. The third kappa shape index (κ3) is 2.91. The van der Waals surface area contributed by atoms with Crippen LogP contribution in [-0.4, -0.2) is 32.9 Å². The van der Waals surface area contributed by atoms with Crippen LogP contribution in [0.4, 0.5) is 0 Å². The predicted octanol–water partition coefficient (Wildman–Crippen LogP) is 1.49. The fourth-order valence-electron chi connectivity index (χ4n) is 2.68. The lowest BCUT2D eigenvalue weighted by atomic mass is 9.97. The van der Waals surface area contributed by atoms with E-state index in [0.717, 1.165) is 38.5 Å². The molecule has 6 heteroatoms. The van der Waals surface area contributed by atoms with E-state index in [1.807, 2.05) is 17.1 Å². The van der Waals surface area contributed by atoms with Gasteiger partial charge in [0, 0.05) is 49.8 Å². The van der Waals surface area contributed by atoms with Gasteiger partial charge >= 0.3 is 0 Å². The molecule has 0 saturated carbocycles. The number of hydrogen-bond acceptors (Lipinski definition) is 4. The maximum absolute atomic E-state index is 5.88. The van der Waals surface area contributed by atoms with Gasteiger partial charge in [0.25, 0.3) is 0 Å². The van der Waals surface area contributed by atoms with Crippen LogP contribution in [0.3, 0.4) is 0 Å². The van der Waals surface area contributed by atoms with E-state index in [-0.39, 0.29) is 6.10 Å². The third-order valence-electron chi connectivity index (χ3n) is 3.77. The number of nitrogens with zero attached hydrogens (tertiary/aromatic N) is 3. The maximum Gasteiger partial charge on any atom is 0.120 e. The molecule has 20 heavy (non-hydrogen) atoms. The van der Waals surface area contributed by atoms with Gasteiger partial charge in [-0.1, -0.05) is 0 Å². The first-order valence-electron chi connectivity index (χ1n) is 7.19. The average molecular weight is 275 g/mol. The zero-order valence-corrected chi connectivity index (χ0v) is 11.7. The van der Waals surface area contributed by atoms with Crippen LogP contribution in [0.15, 0.2) is 24.8 Å². The molecule has 2 N–H and O–H groups in total. The van der Waals surface area contributed by atoms with Crippen LogP contribution >= 0.6 is 0 Å². The van der Waals surface area contributed by atoms with Crippen molar-refractivity contribution in [3.05, 3.63) is 36.2 Å². The van der Waals surface area contributed by atoms with Crippen LogP contribution in [0.2, 0.25) is 0 Å². The Balaban J connectivity index is 1.55. The molecule has 108 valence electrons. The van der Waals surface area contributed by atoms with Gasteiger partial charge in [0.2, 0.25) is 0 Å². The van der Waals surface area contributed by atoms with E-state index in [1.165, 1.54) is 5.56 Å². The summed E-state index contributed by atoms with van der Waals surface area (Å²) in [5.74, 6) is 1.47. The van der Waals surface area contributed by atoms with Crippen molar-refractivity contribution in [1.29, 1.82) is 0 Å². The summed E-state index contributed by atoms with van der Waals surface area (Å²) < 4.78 is 7.83. The Kier molecular flexibility index (Phi) is 4.13. The van der Waals surface area contributed by atoms with E-state index in [0.29, 0.717) is 5.92 Å². The lowest BCUT2D eigenvalue weighted by Gasteiger charge is -2.17. The molecule has 1 aliphatic rings. The van der Waals surface area contributed by atoms with Crippen LogP contribution in [0.1, 0.15) is 30.8 Å². The van der Waals surface area contributed by atoms with Gasteiger partial charge in [-0.15, -0.1) is 0 Å². The summed E-state index contributed by atoms with van der Waals surface area (Å²) in [7, 11) is 0. The van der Waals surface area contributed by atoms with Gasteiger partial charge in [0.05, 0.1) is 18.8 Å². The van der Waals surface area contributed by atoms with Crippen molar-refractivity contribution in [1.82, 2.24) is 25.1 Å². The molecule has 2 aromatic heterocycles. The van der Waals surface area contributed by atoms with Crippen molar-refractivity contribution >= 4 is 0 Å². The average Bonchev–Trinajstić information content (AvgIpc) is 3.20. The zero-order valence-electron chi connectivity index (χ0n) is 11.7. The molecule has 0 unspecified atom stereocenters. The number of aromatic amines is 1. The van der Waals surface area contributed by atoms with Crippen LogP contribution in [-0.2, 0) is 17.8 Å². The summed E-state index contributed by atoms with van der Waals surface area (Å²) in [4.78, 5) is 7.31. The minimum atomic E-state index is 0.166.